The van der Waals surface area contributed by atoms with Crippen molar-refractivity contribution in [2.24, 2.45) is 5.41 Å². The molecule has 0 aliphatic heterocycles. The van der Waals surface area contributed by atoms with Crippen molar-refractivity contribution < 1.29 is 4.79 Å². The summed E-state index contributed by atoms with van der Waals surface area (Å²) in [5.74, 6) is -0.0765. The van der Waals surface area contributed by atoms with Crippen LogP contribution >= 0.6 is 11.6 Å². The van der Waals surface area contributed by atoms with Crippen LogP contribution < -0.4 is 5.32 Å². The van der Waals surface area contributed by atoms with Crippen LogP contribution in [0.1, 0.15) is 31.1 Å². The molecule has 1 N–H and O–H groups in total. The van der Waals surface area contributed by atoms with E-state index in [2.05, 4.69) is 26.1 Å². The van der Waals surface area contributed by atoms with Crippen LogP contribution in [-0.2, 0) is 0 Å². The molecular weight excluding hydrogens is 210 g/mol. The molecule has 0 bridgehead atoms. The van der Waals surface area contributed by atoms with Crippen LogP contribution in [0, 0.1) is 5.41 Å². The van der Waals surface area contributed by atoms with E-state index in [4.69, 9.17) is 11.6 Å². The van der Waals surface area contributed by atoms with Gasteiger partial charge in [-0.15, -0.1) is 0 Å². The predicted molar refractivity (Wildman–Crippen MR) is 63.2 cm³/mol. The molecule has 2 nitrogen and oxygen atoms in total. The Morgan fingerprint density at radius 2 is 2.07 bits per heavy atom. The maximum atomic E-state index is 11.7. The van der Waals surface area contributed by atoms with E-state index in [9.17, 15) is 4.79 Å². The molecule has 0 saturated heterocycles. The molecule has 0 saturated carbocycles. The number of benzene rings is 1. The molecule has 1 rings (SSSR count). The standard InChI is InChI=1S/C12H16ClNO/c1-12(2,3)8-14-11(15)9-5-4-6-10(13)7-9/h4-7H,8H2,1-3H3,(H,14,15). The zero-order valence-electron chi connectivity index (χ0n) is 9.30. The molecule has 15 heavy (non-hydrogen) atoms. The van der Waals surface area contributed by atoms with E-state index in [1.54, 1.807) is 24.3 Å². The van der Waals surface area contributed by atoms with Gasteiger partial charge in [0, 0.05) is 17.1 Å². The summed E-state index contributed by atoms with van der Waals surface area (Å²) in [6.07, 6.45) is 0. The lowest BCUT2D eigenvalue weighted by Gasteiger charge is -2.18. The van der Waals surface area contributed by atoms with Crippen LogP contribution in [0.4, 0.5) is 0 Å². The van der Waals surface area contributed by atoms with Gasteiger partial charge >= 0.3 is 0 Å². The second-order valence-electron chi connectivity index (χ2n) is 4.75. The van der Waals surface area contributed by atoms with Crippen LogP contribution in [0.3, 0.4) is 0 Å². The first-order valence-electron chi connectivity index (χ1n) is 4.92. The van der Waals surface area contributed by atoms with Crippen LogP contribution in [0.5, 0.6) is 0 Å². The lowest BCUT2D eigenvalue weighted by Crippen LogP contribution is -2.32. The van der Waals surface area contributed by atoms with E-state index in [-0.39, 0.29) is 11.3 Å². The molecule has 0 aliphatic carbocycles. The third-order valence-corrected chi connectivity index (χ3v) is 2.10. The summed E-state index contributed by atoms with van der Waals surface area (Å²) < 4.78 is 0. The molecule has 0 radical (unpaired) electrons. The molecule has 0 atom stereocenters. The van der Waals surface area contributed by atoms with E-state index < -0.39 is 0 Å². The highest BCUT2D eigenvalue weighted by Gasteiger charge is 2.12. The van der Waals surface area contributed by atoms with Crippen molar-refractivity contribution in [1.29, 1.82) is 0 Å². The van der Waals surface area contributed by atoms with Crippen LogP contribution in [0.15, 0.2) is 24.3 Å². The number of nitrogens with one attached hydrogen (secondary N) is 1. The Morgan fingerprint density at radius 1 is 1.40 bits per heavy atom. The maximum Gasteiger partial charge on any atom is 0.251 e. The summed E-state index contributed by atoms with van der Waals surface area (Å²) in [4.78, 5) is 11.7. The van der Waals surface area contributed by atoms with Crippen LogP contribution in [0.2, 0.25) is 5.02 Å². The second-order valence-corrected chi connectivity index (χ2v) is 5.19. The number of hydrogen-bond acceptors (Lipinski definition) is 1. The highest BCUT2D eigenvalue weighted by Crippen LogP contribution is 2.13. The summed E-state index contributed by atoms with van der Waals surface area (Å²) in [6.45, 7) is 6.88. The van der Waals surface area contributed by atoms with Crippen molar-refractivity contribution >= 4 is 17.5 Å². The number of rotatable bonds is 2. The third kappa shape index (κ3) is 4.34. The van der Waals surface area contributed by atoms with Gasteiger partial charge in [-0.25, -0.2) is 0 Å². The number of carbonyl (C=O) groups is 1. The minimum atomic E-state index is -0.0765. The molecule has 0 fully saturated rings. The third-order valence-electron chi connectivity index (χ3n) is 1.87. The minimum Gasteiger partial charge on any atom is -0.352 e. The summed E-state index contributed by atoms with van der Waals surface area (Å²) >= 11 is 5.80. The Morgan fingerprint density at radius 3 is 2.60 bits per heavy atom. The summed E-state index contributed by atoms with van der Waals surface area (Å²) in [6, 6.07) is 6.94. The maximum absolute atomic E-state index is 11.7. The van der Waals surface area contributed by atoms with Gasteiger partial charge < -0.3 is 5.32 Å². The van der Waals surface area contributed by atoms with Gasteiger partial charge in [0.25, 0.3) is 5.91 Å². The first-order valence-corrected chi connectivity index (χ1v) is 5.30. The lowest BCUT2D eigenvalue weighted by atomic mass is 9.97. The molecule has 3 heteroatoms. The fraction of sp³-hybridized carbons (Fsp3) is 0.417. The molecule has 0 heterocycles. The van der Waals surface area contributed by atoms with E-state index in [1.165, 1.54) is 0 Å². The average Bonchev–Trinajstić information content (AvgIpc) is 2.13. The Labute approximate surface area is 95.6 Å². The van der Waals surface area contributed by atoms with Crippen LogP contribution in [-0.4, -0.2) is 12.5 Å². The SMILES string of the molecule is CC(C)(C)CNC(=O)c1cccc(Cl)c1. The van der Waals surface area contributed by atoms with Crippen molar-refractivity contribution in [3.05, 3.63) is 34.9 Å². The summed E-state index contributed by atoms with van der Waals surface area (Å²) in [5.41, 5.74) is 0.695. The number of carbonyl (C=O) groups excluding carboxylic acids is 1. The second kappa shape index (κ2) is 4.67. The Hall–Kier alpha value is -1.02. The van der Waals surface area contributed by atoms with E-state index in [1.807, 2.05) is 0 Å². The van der Waals surface area contributed by atoms with E-state index >= 15 is 0 Å². The van der Waals surface area contributed by atoms with Gasteiger partial charge in [0.15, 0.2) is 0 Å². The number of hydrogen-bond donors (Lipinski definition) is 1. The van der Waals surface area contributed by atoms with Gasteiger partial charge in [-0.1, -0.05) is 38.4 Å². The fourth-order valence-electron chi connectivity index (χ4n) is 1.08. The van der Waals surface area contributed by atoms with Crippen molar-refractivity contribution in [3.8, 4) is 0 Å². The predicted octanol–water partition coefficient (Wildman–Crippen LogP) is 3.12. The Bertz CT molecular complexity index is 355. The highest BCUT2D eigenvalue weighted by atomic mass is 35.5. The summed E-state index contributed by atoms with van der Waals surface area (Å²) in [5, 5.41) is 3.45. The first-order chi connectivity index (χ1) is 6.88. The molecule has 1 amide bonds. The van der Waals surface area contributed by atoms with Gasteiger partial charge in [0.1, 0.15) is 0 Å². The molecule has 1 aromatic rings. The van der Waals surface area contributed by atoms with Crippen molar-refractivity contribution in [3.63, 3.8) is 0 Å². The zero-order chi connectivity index (χ0) is 11.5. The van der Waals surface area contributed by atoms with E-state index in [0.717, 1.165) is 0 Å². The van der Waals surface area contributed by atoms with Gasteiger partial charge in [0.05, 0.1) is 0 Å². The largest absolute Gasteiger partial charge is 0.352 e. The van der Waals surface area contributed by atoms with Gasteiger partial charge in [-0.2, -0.15) is 0 Å². The zero-order valence-corrected chi connectivity index (χ0v) is 10.1. The van der Waals surface area contributed by atoms with Crippen LogP contribution in [0.25, 0.3) is 0 Å². The normalized spacial score (nSPS) is 11.2. The highest BCUT2D eigenvalue weighted by molar-refractivity contribution is 6.30. The molecule has 0 unspecified atom stereocenters. The summed E-state index contributed by atoms with van der Waals surface area (Å²) in [7, 11) is 0. The van der Waals surface area contributed by atoms with Crippen molar-refractivity contribution in [2.45, 2.75) is 20.8 Å². The van der Waals surface area contributed by atoms with Gasteiger partial charge in [0.2, 0.25) is 0 Å². The minimum absolute atomic E-state index is 0.0765. The molecule has 0 spiro atoms. The number of halogens is 1. The van der Waals surface area contributed by atoms with Crippen molar-refractivity contribution in [2.75, 3.05) is 6.54 Å². The van der Waals surface area contributed by atoms with Gasteiger partial charge in [-0.3, -0.25) is 4.79 Å². The molecule has 0 aromatic heterocycles. The van der Waals surface area contributed by atoms with Gasteiger partial charge in [-0.05, 0) is 23.6 Å². The van der Waals surface area contributed by atoms with E-state index in [0.29, 0.717) is 17.1 Å². The topological polar surface area (TPSA) is 29.1 Å². The Balaban J connectivity index is 2.62. The smallest absolute Gasteiger partial charge is 0.251 e. The Kier molecular flexibility index (Phi) is 3.75. The molecule has 1 aromatic carbocycles. The first kappa shape index (κ1) is 12.1. The number of amides is 1. The fourth-order valence-corrected chi connectivity index (χ4v) is 1.27. The lowest BCUT2D eigenvalue weighted by molar-refractivity contribution is 0.0939. The molecule has 0 aliphatic rings. The quantitative estimate of drug-likeness (QED) is 0.824. The average molecular weight is 226 g/mol. The monoisotopic (exact) mass is 225 g/mol. The molecular formula is C12H16ClNO. The van der Waals surface area contributed by atoms with Crippen molar-refractivity contribution in [1.82, 2.24) is 5.32 Å². The molecule has 82 valence electrons.